The second-order valence-corrected chi connectivity index (χ2v) is 9.13. The van der Waals surface area contributed by atoms with Crippen LogP contribution in [0.1, 0.15) is 44.7 Å². The minimum Gasteiger partial charge on any atom is -0.481 e. The van der Waals surface area contributed by atoms with E-state index in [-0.39, 0.29) is 6.42 Å². The van der Waals surface area contributed by atoms with Crippen LogP contribution in [0.5, 0.6) is 0 Å². The van der Waals surface area contributed by atoms with E-state index in [2.05, 4.69) is 30.9 Å². The number of benzene rings is 2. The van der Waals surface area contributed by atoms with Crippen LogP contribution in [0, 0.1) is 0 Å². The van der Waals surface area contributed by atoms with Gasteiger partial charge in [-0.15, -0.1) is 0 Å². The predicted octanol–water partition coefficient (Wildman–Crippen LogP) is 5.65. The Balaban J connectivity index is 2.27. The van der Waals surface area contributed by atoms with Gasteiger partial charge in [-0.2, -0.15) is 0 Å². The number of carboxylic acids is 1. The van der Waals surface area contributed by atoms with Crippen LogP contribution >= 0.6 is 23.4 Å². The fourth-order valence-electron chi connectivity index (χ4n) is 4.01. The third kappa shape index (κ3) is 4.09. The van der Waals surface area contributed by atoms with Crippen molar-refractivity contribution in [2.45, 2.75) is 43.4 Å². The average molecular weight is 431 g/mol. The van der Waals surface area contributed by atoms with Crippen molar-refractivity contribution in [2.24, 2.45) is 4.99 Å². The number of carbonyl (C=O) groups is 1. The van der Waals surface area contributed by atoms with E-state index in [1.807, 2.05) is 49.4 Å². The number of halogens is 1. The number of nitrogens with zero attached hydrogens (tertiary/aromatic N) is 2. The van der Waals surface area contributed by atoms with Crippen molar-refractivity contribution < 1.29 is 9.90 Å². The Hall–Kier alpha value is -1.82. The van der Waals surface area contributed by atoms with Gasteiger partial charge in [0.15, 0.2) is 4.99 Å². The minimum atomic E-state index is -0.815. The van der Waals surface area contributed by atoms with Crippen LogP contribution in [0.2, 0.25) is 5.02 Å². The molecule has 1 heterocycles. The molecule has 29 heavy (non-hydrogen) atoms. The lowest BCUT2D eigenvalue weighted by atomic mass is 9.90. The first-order valence-electron chi connectivity index (χ1n) is 9.99. The lowest BCUT2D eigenvalue weighted by Gasteiger charge is -2.40. The number of thioether (sulfide) groups is 1. The summed E-state index contributed by atoms with van der Waals surface area (Å²) in [6, 6.07) is 17.8. The number of aliphatic imine (C=N–C) groups is 1. The summed E-state index contributed by atoms with van der Waals surface area (Å²) in [4.78, 5) is 18.9. The molecular weight excluding hydrogens is 404 g/mol. The smallest absolute Gasteiger partial charge is 0.305 e. The van der Waals surface area contributed by atoms with Crippen molar-refractivity contribution >= 4 is 35.0 Å². The summed E-state index contributed by atoms with van der Waals surface area (Å²) >= 11 is 7.77. The van der Waals surface area contributed by atoms with Crippen molar-refractivity contribution in [1.82, 2.24) is 4.90 Å². The number of rotatable bonds is 8. The third-order valence-electron chi connectivity index (χ3n) is 5.50. The van der Waals surface area contributed by atoms with Gasteiger partial charge in [-0.25, -0.2) is 4.99 Å². The summed E-state index contributed by atoms with van der Waals surface area (Å²) in [6.07, 6.45) is 0.687. The number of aliphatic carboxylic acids is 1. The van der Waals surface area contributed by atoms with E-state index in [0.29, 0.717) is 11.4 Å². The molecular formula is C23H27ClN2O2S. The van der Waals surface area contributed by atoms with Gasteiger partial charge in [0, 0.05) is 10.6 Å². The molecule has 2 atom stereocenters. The van der Waals surface area contributed by atoms with E-state index in [0.717, 1.165) is 29.9 Å². The van der Waals surface area contributed by atoms with E-state index >= 15 is 0 Å². The van der Waals surface area contributed by atoms with Crippen LogP contribution in [0.15, 0.2) is 59.6 Å². The van der Waals surface area contributed by atoms with Gasteiger partial charge >= 0.3 is 5.97 Å². The summed E-state index contributed by atoms with van der Waals surface area (Å²) in [7, 11) is 0. The molecule has 0 amide bonds. The fraction of sp³-hybridized carbons (Fsp3) is 0.391. The molecule has 0 aromatic heterocycles. The first kappa shape index (κ1) is 21.9. The average Bonchev–Trinajstić information content (AvgIpc) is 3.06. The van der Waals surface area contributed by atoms with E-state index in [4.69, 9.17) is 16.6 Å². The second kappa shape index (κ2) is 8.90. The van der Waals surface area contributed by atoms with Crippen molar-refractivity contribution in [1.29, 1.82) is 0 Å². The molecule has 1 aliphatic heterocycles. The first-order valence-corrected chi connectivity index (χ1v) is 11.2. The number of hydrogen-bond donors (Lipinski definition) is 1. The molecule has 154 valence electrons. The van der Waals surface area contributed by atoms with Crippen LogP contribution < -0.4 is 0 Å². The van der Waals surface area contributed by atoms with Crippen molar-refractivity contribution in [2.75, 3.05) is 13.1 Å². The summed E-state index contributed by atoms with van der Waals surface area (Å²) in [5.41, 5.74) is 2.83. The van der Waals surface area contributed by atoms with Crippen molar-refractivity contribution in [3.63, 3.8) is 0 Å². The highest BCUT2D eigenvalue weighted by atomic mass is 35.5. The Labute approximate surface area is 182 Å². The lowest BCUT2D eigenvalue weighted by molar-refractivity contribution is -0.137. The molecule has 0 fully saturated rings. The lowest BCUT2D eigenvalue weighted by Crippen LogP contribution is -2.43. The molecule has 0 radical (unpaired) electrons. The summed E-state index contributed by atoms with van der Waals surface area (Å²) < 4.78 is -0.627. The van der Waals surface area contributed by atoms with Gasteiger partial charge in [-0.05, 0) is 37.2 Å². The quantitative estimate of drug-likeness (QED) is 0.587. The zero-order valence-electron chi connectivity index (χ0n) is 17.1. The van der Waals surface area contributed by atoms with Crippen LogP contribution in [0.25, 0.3) is 0 Å². The summed E-state index contributed by atoms with van der Waals surface area (Å²) in [5.74, 6) is -0.815. The molecule has 0 saturated heterocycles. The highest BCUT2D eigenvalue weighted by Crippen LogP contribution is 2.57. The maximum atomic E-state index is 11.9. The van der Waals surface area contributed by atoms with Crippen LogP contribution in [0.4, 0.5) is 0 Å². The summed E-state index contributed by atoms with van der Waals surface area (Å²) in [5, 5.41) is 10.4. The highest BCUT2D eigenvalue weighted by Gasteiger charge is 2.54. The molecule has 2 aromatic rings. The van der Waals surface area contributed by atoms with Crippen LogP contribution in [-0.2, 0) is 9.79 Å². The Morgan fingerprint density at radius 3 is 2.21 bits per heavy atom. The Kier molecular flexibility index (Phi) is 6.72. The van der Waals surface area contributed by atoms with E-state index in [1.54, 1.807) is 11.8 Å². The van der Waals surface area contributed by atoms with E-state index in [9.17, 15) is 9.90 Å². The van der Waals surface area contributed by atoms with Crippen LogP contribution in [0.3, 0.4) is 0 Å². The van der Waals surface area contributed by atoms with Crippen molar-refractivity contribution in [3.8, 4) is 0 Å². The van der Waals surface area contributed by atoms with E-state index < -0.39 is 15.7 Å². The first-order chi connectivity index (χ1) is 13.9. The molecule has 4 nitrogen and oxygen atoms in total. The molecule has 0 aliphatic carbocycles. The van der Waals surface area contributed by atoms with Crippen LogP contribution in [-0.4, -0.2) is 39.5 Å². The Bertz CT molecular complexity index is 884. The van der Waals surface area contributed by atoms with Gasteiger partial charge in [-0.3, -0.25) is 9.69 Å². The number of hydrogen-bond acceptors (Lipinski definition) is 4. The normalized spacial score (nSPS) is 24.0. The van der Waals surface area contributed by atoms with Gasteiger partial charge in [0.2, 0.25) is 0 Å². The molecule has 0 spiro atoms. The maximum absolute atomic E-state index is 11.9. The highest BCUT2D eigenvalue weighted by molar-refractivity contribution is 8.02. The molecule has 0 saturated carbocycles. The predicted molar refractivity (Wildman–Crippen MR) is 122 cm³/mol. The molecule has 1 aliphatic rings. The molecule has 2 aromatic carbocycles. The maximum Gasteiger partial charge on any atom is 0.305 e. The minimum absolute atomic E-state index is 0.0193. The molecule has 2 unspecified atom stereocenters. The largest absolute Gasteiger partial charge is 0.481 e. The van der Waals surface area contributed by atoms with Crippen molar-refractivity contribution in [3.05, 3.63) is 70.7 Å². The fourth-order valence-corrected chi connectivity index (χ4v) is 6.06. The molecule has 3 rings (SSSR count). The van der Waals surface area contributed by atoms with Gasteiger partial charge in [0.05, 0.1) is 16.9 Å². The SMILES string of the molecule is CCN(CC)C1(c2ccccc2)N=C(c2ccc(Cl)cc2)C(CC)(CC(=O)O)S1. The van der Waals surface area contributed by atoms with Gasteiger partial charge in [0.25, 0.3) is 0 Å². The number of carboxylic acid groups (broad SMARTS) is 1. The topological polar surface area (TPSA) is 52.9 Å². The van der Waals surface area contributed by atoms with Gasteiger partial charge in [0.1, 0.15) is 0 Å². The molecule has 6 heteroatoms. The zero-order valence-corrected chi connectivity index (χ0v) is 18.6. The monoisotopic (exact) mass is 430 g/mol. The third-order valence-corrected chi connectivity index (χ3v) is 7.64. The standard InChI is InChI=1S/C23H27ClN2O2S/c1-4-22(16-20(27)28)21(17-12-14-19(24)15-13-17)25-23(29-22,26(5-2)6-3)18-10-8-7-9-11-18/h7-15H,4-6,16H2,1-3H3,(H,27,28). The zero-order chi connectivity index (χ0) is 21.1. The molecule has 0 bridgehead atoms. The Morgan fingerprint density at radius 1 is 1.07 bits per heavy atom. The van der Waals surface area contributed by atoms with E-state index in [1.165, 1.54) is 0 Å². The van der Waals surface area contributed by atoms with Gasteiger partial charge in [-0.1, -0.05) is 86.6 Å². The molecule has 1 N–H and O–H groups in total. The summed E-state index contributed by atoms with van der Waals surface area (Å²) in [6.45, 7) is 7.90. The van der Waals surface area contributed by atoms with Gasteiger partial charge < -0.3 is 5.11 Å². The Morgan fingerprint density at radius 2 is 1.69 bits per heavy atom. The second-order valence-electron chi connectivity index (χ2n) is 7.13.